The van der Waals surface area contributed by atoms with Gasteiger partial charge in [-0.25, -0.2) is 0 Å². The van der Waals surface area contributed by atoms with Crippen LogP contribution in [0.3, 0.4) is 0 Å². The van der Waals surface area contributed by atoms with E-state index in [4.69, 9.17) is 10.2 Å². The van der Waals surface area contributed by atoms with Crippen LogP contribution in [0.5, 0.6) is 0 Å². The van der Waals surface area contributed by atoms with Crippen LogP contribution >= 0.6 is 0 Å². The molecule has 3 heteroatoms. The molecule has 0 spiro atoms. The van der Waals surface area contributed by atoms with Crippen LogP contribution in [0.2, 0.25) is 0 Å². The molecule has 0 aliphatic carbocycles. The summed E-state index contributed by atoms with van der Waals surface area (Å²) in [6, 6.07) is 4.35. The normalized spacial score (nSPS) is 21.3. The summed E-state index contributed by atoms with van der Waals surface area (Å²) in [7, 11) is 0. The molecule has 0 bridgehead atoms. The summed E-state index contributed by atoms with van der Waals surface area (Å²) in [5.74, 6) is 2.00. The van der Waals surface area contributed by atoms with Crippen LogP contribution in [0.4, 0.5) is 0 Å². The lowest BCUT2D eigenvalue weighted by molar-refractivity contribution is 0.179. The molecule has 3 nitrogen and oxygen atoms in total. The summed E-state index contributed by atoms with van der Waals surface area (Å²) >= 11 is 0. The van der Waals surface area contributed by atoms with Gasteiger partial charge >= 0.3 is 0 Å². The Morgan fingerprint density at radius 3 is 2.56 bits per heavy atom. The van der Waals surface area contributed by atoms with Gasteiger partial charge in [0.25, 0.3) is 0 Å². The van der Waals surface area contributed by atoms with E-state index in [0.717, 1.165) is 24.6 Å². The zero-order valence-corrected chi connectivity index (χ0v) is 11.9. The highest BCUT2D eigenvalue weighted by atomic mass is 16.3. The lowest BCUT2D eigenvalue weighted by Gasteiger charge is -2.29. The number of rotatable bonds is 5. The lowest BCUT2D eigenvalue weighted by Crippen LogP contribution is -2.34. The summed E-state index contributed by atoms with van der Waals surface area (Å²) in [5.41, 5.74) is 6.46. The molecular formula is C15H26N2O. The number of likely N-dealkylation sites (tertiary alicyclic amines) is 1. The number of hydrogen-bond donors (Lipinski definition) is 1. The van der Waals surface area contributed by atoms with Crippen molar-refractivity contribution in [2.24, 2.45) is 11.1 Å². The van der Waals surface area contributed by atoms with Gasteiger partial charge < -0.3 is 10.2 Å². The second-order valence-electron chi connectivity index (χ2n) is 5.63. The second-order valence-corrected chi connectivity index (χ2v) is 5.63. The number of nitrogens with zero attached hydrogens (tertiary/aromatic N) is 1. The first-order chi connectivity index (χ1) is 8.64. The first-order valence-corrected chi connectivity index (χ1v) is 7.14. The maximum absolute atomic E-state index is 5.96. The molecule has 0 radical (unpaired) electrons. The molecule has 18 heavy (non-hydrogen) atoms. The Balaban J connectivity index is 2.11. The van der Waals surface area contributed by atoms with Crippen molar-refractivity contribution in [2.75, 3.05) is 19.6 Å². The number of nitrogens with two attached hydrogens (primary N) is 1. The van der Waals surface area contributed by atoms with Gasteiger partial charge in [0.15, 0.2) is 0 Å². The summed E-state index contributed by atoms with van der Waals surface area (Å²) in [6.07, 6.45) is 3.80. The Bertz CT molecular complexity index is 382. The smallest absolute Gasteiger partial charge is 0.122 e. The molecule has 102 valence electrons. The van der Waals surface area contributed by atoms with Crippen molar-refractivity contribution in [3.8, 4) is 0 Å². The van der Waals surface area contributed by atoms with Crippen molar-refractivity contribution >= 4 is 0 Å². The van der Waals surface area contributed by atoms with Crippen molar-refractivity contribution in [2.45, 2.75) is 46.1 Å². The Kier molecular flexibility index (Phi) is 4.13. The topological polar surface area (TPSA) is 42.4 Å². The van der Waals surface area contributed by atoms with Crippen LogP contribution in [0.25, 0.3) is 0 Å². The molecule has 1 aromatic heterocycles. The first-order valence-electron chi connectivity index (χ1n) is 7.14. The Morgan fingerprint density at radius 2 is 2.11 bits per heavy atom. The van der Waals surface area contributed by atoms with Crippen LogP contribution in [0.1, 0.15) is 50.7 Å². The van der Waals surface area contributed by atoms with Crippen molar-refractivity contribution in [1.82, 2.24) is 4.90 Å². The fourth-order valence-electron chi connectivity index (χ4n) is 3.14. The largest absolute Gasteiger partial charge is 0.465 e. The fourth-order valence-corrected chi connectivity index (χ4v) is 3.14. The SMILES string of the molecule is CCC1(CC)CCN(C(CN)c2ccc(C)o2)C1. The van der Waals surface area contributed by atoms with Crippen LogP contribution in [0.15, 0.2) is 16.5 Å². The fraction of sp³-hybridized carbons (Fsp3) is 0.733. The summed E-state index contributed by atoms with van der Waals surface area (Å²) in [4.78, 5) is 2.51. The minimum Gasteiger partial charge on any atom is -0.465 e. The predicted molar refractivity (Wildman–Crippen MR) is 74.4 cm³/mol. The van der Waals surface area contributed by atoms with Gasteiger partial charge in [-0.05, 0) is 50.3 Å². The summed E-state index contributed by atoms with van der Waals surface area (Å²) < 4.78 is 5.76. The van der Waals surface area contributed by atoms with E-state index in [1.165, 1.54) is 19.3 Å². The third kappa shape index (κ3) is 2.47. The molecule has 1 aliphatic rings. The highest BCUT2D eigenvalue weighted by Gasteiger charge is 2.38. The van der Waals surface area contributed by atoms with Crippen molar-refractivity contribution in [1.29, 1.82) is 0 Å². The summed E-state index contributed by atoms with van der Waals surface area (Å²) in [5, 5.41) is 0. The number of hydrogen-bond acceptors (Lipinski definition) is 3. The van der Waals surface area contributed by atoms with Crippen molar-refractivity contribution < 1.29 is 4.42 Å². The maximum atomic E-state index is 5.96. The second kappa shape index (κ2) is 5.45. The van der Waals surface area contributed by atoms with Crippen molar-refractivity contribution in [3.63, 3.8) is 0 Å². The van der Waals surface area contributed by atoms with E-state index in [-0.39, 0.29) is 6.04 Å². The van der Waals surface area contributed by atoms with Crippen LogP contribution in [-0.4, -0.2) is 24.5 Å². The molecule has 2 rings (SSSR count). The zero-order valence-electron chi connectivity index (χ0n) is 11.9. The molecule has 0 saturated carbocycles. The van der Waals surface area contributed by atoms with Crippen LogP contribution in [0, 0.1) is 12.3 Å². The average Bonchev–Trinajstić information content (AvgIpc) is 2.99. The first kappa shape index (κ1) is 13.6. The van der Waals surface area contributed by atoms with E-state index >= 15 is 0 Å². The van der Waals surface area contributed by atoms with E-state index in [2.05, 4.69) is 24.8 Å². The van der Waals surface area contributed by atoms with E-state index in [0.29, 0.717) is 12.0 Å². The minimum atomic E-state index is 0.249. The molecule has 1 saturated heterocycles. The van der Waals surface area contributed by atoms with E-state index < -0.39 is 0 Å². The van der Waals surface area contributed by atoms with Crippen molar-refractivity contribution in [3.05, 3.63) is 23.7 Å². The molecule has 0 amide bonds. The van der Waals surface area contributed by atoms with Gasteiger partial charge in [-0.2, -0.15) is 0 Å². The van der Waals surface area contributed by atoms with Gasteiger partial charge in [0.2, 0.25) is 0 Å². The molecule has 1 aromatic rings. The van der Waals surface area contributed by atoms with Gasteiger partial charge in [0, 0.05) is 13.1 Å². The highest BCUT2D eigenvalue weighted by Crippen LogP contribution is 2.40. The van der Waals surface area contributed by atoms with Crippen LogP contribution in [-0.2, 0) is 0 Å². The zero-order chi connectivity index (χ0) is 13.2. The third-order valence-electron chi connectivity index (χ3n) is 4.72. The monoisotopic (exact) mass is 250 g/mol. The number of aryl methyl sites for hydroxylation is 1. The Morgan fingerprint density at radius 1 is 1.39 bits per heavy atom. The molecule has 1 aliphatic heterocycles. The molecule has 0 aromatic carbocycles. The number of furan rings is 1. The third-order valence-corrected chi connectivity index (χ3v) is 4.72. The van der Waals surface area contributed by atoms with Gasteiger partial charge in [-0.15, -0.1) is 0 Å². The van der Waals surface area contributed by atoms with Crippen LogP contribution < -0.4 is 5.73 Å². The highest BCUT2D eigenvalue weighted by molar-refractivity contribution is 5.11. The predicted octanol–water partition coefficient (Wildman–Crippen LogP) is 3.10. The van der Waals surface area contributed by atoms with Gasteiger partial charge in [-0.1, -0.05) is 13.8 Å². The van der Waals surface area contributed by atoms with E-state index in [1.54, 1.807) is 0 Å². The summed E-state index contributed by atoms with van der Waals surface area (Å²) in [6.45, 7) is 9.54. The minimum absolute atomic E-state index is 0.249. The maximum Gasteiger partial charge on any atom is 0.122 e. The molecule has 1 atom stereocenters. The molecule has 1 fully saturated rings. The van der Waals surface area contributed by atoms with Gasteiger partial charge in [0.05, 0.1) is 6.04 Å². The van der Waals surface area contributed by atoms with Gasteiger partial charge in [0.1, 0.15) is 11.5 Å². The standard InChI is InChI=1S/C15H26N2O/c1-4-15(5-2)8-9-17(11-15)13(10-16)14-7-6-12(3)18-14/h6-7,13H,4-5,8-11,16H2,1-3H3. The molecule has 1 unspecified atom stereocenters. The van der Waals surface area contributed by atoms with E-state index in [9.17, 15) is 0 Å². The lowest BCUT2D eigenvalue weighted by atomic mass is 9.82. The quantitative estimate of drug-likeness (QED) is 0.873. The van der Waals surface area contributed by atoms with E-state index in [1.807, 2.05) is 13.0 Å². The molecule has 2 N–H and O–H groups in total. The average molecular weight is 250 g/mol. The Labute approximate surface area is 110 Å². The Hall–Kier alpha value is -0.800. The molecule has 2 heterocycles. The van der Waals surface area contributed by atoms with Gasteiger partial charge in [-0.3, -0.25) is 4.90 Å². The molecular weight excluding hydrogens is 224 g/mol.